The molecule has 2 aromatic rings. The molecule has 154 valence electrons. The molecule has 28 heavy (non-hydrogen) atoms. The Hall–Kier alpha value is -1.58. The third-order valence-corrected chi connectivity index (χ3v) is 4.68. The summed E-state index contributed by atoms with van der Waals surface area (Å²) in [6, 6.07) is 14.8. The van der Waals surface area contributed by atoms with Gasteiger partial charge in [-0.3, -0.25) is 9.89 Å². The molecule has 1 atom stereocenters. The molecule has 0 saturated carbocycles. The SMILES string of the molecule is CCNC(=NCC(c1ccccc1)N1CCOCC1)NCCc1ccco1.I. The number of hydrogen-bond acceptors (Lipinski definition) is 4. The minimum absolute atomic E-state index is 0. The van der Waals surface area contributed by atoms with Crippen LogP contribution in [0.3, 0.4) is 0 Å². The summed E-state index contributed by atoms with van der Waals surface area (Å²) in [5.74, 6) is 1.83. The summed E-state index contributed by atoms with van der Waals surface area (Å²) in [5, 5.41) is 6.74. The molecule has 6 nitrogen and oxygen atoms in total. The van der Waals surface area contributed by atoms with Crippen molar-refractivity contribution in [2.45, 2.75) is 19.4 Å². The van der Waals surface area contributed by atoms with E-state index in [0.717, 1.165) is 57.5 Å². The predicted octanol–water partition coefficient (Wildman–Crippen LogP) is 3.07. The molecule has 0 spiro atoms. The van der Waals surface area contributed by atoms with Crippen molar-refractivity contribution in [3.05, 3.63) is 60.1 Å². The lowest BCUT2D eigenvalue weighted by Crippen LogP contribution is -2.42. The lowest BCUT2D eigenvalue weighted by molar-refractivity contribution is 0.0180. The topological polar surface area (TPSA) is 62.0 Å². The molecule has 0 radical (unpaired) electrons. The number of morpholine rings is 1. The van der Waals surface area contributed by atoms with Crippen LogP contribution in [-0.2, 0) is 11.2 Å². The van der Waals surface area contributed by atoms with Gasteiger partial charge in [-0.15, -0.1) is 24.0 Å². The summed E-state index contributed by atoms with van der Waals surface area (Å²) in [6.45, 7) is 7.87. The normalized spacial score (nSPS) is 16.2. The van der Waals surface area contributed by atoms with Crippen LogP contribution in [0.5, 0.6) is 0 Å². The number of ether oxygens (including phenoxy) is 1. The molecule has 2 N–H and O–H groups in total. The van der Waals surface area contributed by atoms with Crippen LogP contribution in [0.2, 0.25) is 0 Å². The fraction of sp³-hybridized carbons (Fsp3) is 0.476. The van der Waals surface area contributed by atoms with Crippen molar-refractivity contribution in [3.8, 4) is 0 Å². The summed E-state index contributed by atoms with van der Waals surface area (Å²) >= 11 is 0. The van der Waals surface area contributed by atoms with Crippen molar-refractivity contribution in [3.63, 3.8) is 0 Å². The van der Waals surface area contributed by atoms with E-state index in [0.29, 0.717) is 6.54 Å². The van der Waals surface area contributed by atoms with Gasteiger partial charge in [-0.1, -0.05) is 30.3 Å². The Labute approximate surface area is 184 Å². The highest BCUT2D eigenvalue weighted by Gasteiger charge is 2.22. The van der Waals surface area contributed by atoms with E-state index in [2.05, 4.69) is 52.8 Å². The van der Waals surface area contributed by atoms with Crippen LogP contribution >= 0.6 is 24.0 Å². The number of guanidine groups is 1. The number of hydrogen-bond donors (Lipinski definition) is 2. The quantitative estimate of drug-likeness (QED) is 0.333. The minimum atomic E-state index is 0. The van der Waals surface area contributed by atoms with Crippen LogP contribution in [0.15, 0.2) is 58.1 Å². The zero-order valence-electron chi connectivity index (χ0n) is 16.5. The summed E-state index contributed by atoms with van der Waals surface area (Å²) < 4.78 is 10.9. The van der Waals surface area contributed by atoms with Gasteiger partial charge < -0.3 is 19.8 Å². The van der Waals surface area contributed by atoms with Gasteiger partial charge in [0.2, 0.25) is 0 Å². The highest BCUT2D eigenvalue weighted by molar-refractivity contribution is 14.0. The Balaban J connectivity index is 0.00000280. The molecular weight excluding hydrogens is 467 g/mol. The van der Waals surface area contributed by atoms with E-state index in [1.165, 1.54) is 5.56 Å². The van der Waals surface area contributed by atoms with Crippen LogP contribution < -0.4 is 10.6 Å². The first-order valence-electron chi connectivity index (χ1n) is 9.78. The first kappa shape index (κ1) is 22.7. The average molecular weight is 498 g/mol. The van der Waals surface area contributed by atoms with Gasteiger partial charge in [-0.2, -0.15) is 0 Å². The van der Waals surface area contributed by atoms with E-state index in [1.54, 1.807) is 6.26 Å². The number of benzene rings is 1. The van der Waals surface area contributed by atoms with Gasteiger partial charge in [-0.05, 0) is 24.6 Å². The molecule has 1 aliphatic rings. The van der Waals surface area contributed by atoms with Gasteiger partial charge in [0.05, 0.1) is 32.1 Å². The Kier molecular flexibility index (Phi) is 10.4. The number of aliphatic imine (C=N–C) groups is 1. The summed E-state index contributed by atoms with van der Waals surface area (Å²) in [5.41, 5.74) is 1.30. The van der Waals surface area contributed by atoms with Crippen molar-refractivity contribution in [2.24, 2.45) is 4.99 Å². The van der Waals surface area contributed by atoms with E-state index < -0.39 is 0 Å². The molecule has 0 amide bonds. The first-order valence-corrected chi connectivity index (χ1v) is 9.78. The van der Waals surface area contributed by atoms with E-state index in [9.17, 15) is 0 Å². The van der Waals surface area contributed by atoms with Crippen LogP contribution in [0.4, 0.5) is 0 Å². The zero-order valence-corrected chi connectivity index (χ0v) is 18.8. The van der Waals surface area contributed by atoms with Crippen LogP contribution in [0.1, 0.15) is 24.3 Å². The Morgan fingerprint density at radius 1 is 1.11 bits per heavy atom. The Morgan fingerprint density at radius 3 is 2.57 bits per heavy atom. The van der Waals surface area contributed by atoms with E-state index in [-0.39, 0.29) is 30.0 Å². The lowest BCUT2D eigenvalue weighted by Gasteiger charge is -2.34. The smallest absolute Gasteiger partial charge is 0.191 e. The number of rotatable bonds is 8. The van der Waals surface area contributed by atoms with Crippen molar-refractivity contribution >= 4 is 29.9 Å². The third kappa shape index (κ3) is 7.10. The molecule has 1 aromatic heterocycles. The average Bonchev–Trinajstić information content (AvgIpc) is 3.23. The van der Waals surface area contributed by atoms with Crippen molar-refractivity contribution in [1.29, 1.82) is 0 Å². The first-order chi connectivity index (χ1) is 13.4. The number of nitrogens with zero attached hydrogens (tertiary/aromatic N) is 2. The third-order valence-electron chi connectivity index (χ3n) is 4.68. The number of furan rings is 1. The van der Waals surface area contributed by atoms with Crippen molar-refractivity contribution in [1.82, 2.24) is 15.5 Å². The van der Waals surface area contributed by atoms with Gasteiger partial charge in [0.25, 0.3) is 0 Å². The number of nitrogens with one attached hydrogen (secondary N) is 2. The summed E-state index contributed by atoms with van der Waals surface area (Å²) in [6.07, 6.45) is 2.55. The molecule has 3 rings (SSSR count). The second-order valence-electron chi connectivity index (χ2n) is 6.55. The Morgan fingerprint density at radius 2 is 1.89 bits per heavy atom. The summed E-state index contributed by atoms with van der Waals surface area (Å²) in [7, 11) is 0. The fourth-order valence-electron chi connectivity index (χ4n) is 3.27. The molecule has 0 aliphatic carbocycles. The van der Waals surface area contributed by atoms with Gasteiger partial charge >= 0.3 is 0 Å². The van der Waals surface area contributed by atoms with Gasteiger partial charge in [0.15, 0.2) is 5.96 Å². The largest absolute Gasteiger partial charge is 0.469 e. The maximum Gasteiger partial charge on any atom is 0.191 e. The van der Waals surface area contributed by atoms with Crippen molar-refractivity contribution < 1.29 is 9.15 Å². The van der Waals surface area contributed by atoms with Crippen LogP contribution in [-0.4, -0.2) is 56.8 Å². The Bertz CT molecular complexity index is 673. The molecule has 0 bridgehead atoms. The van der Waals surface area contributed by atoms with Crippen LogP contribution in [0, 0.1) is 0 Å². The molecule has 1 saturated heterocycles. The van der Waals surface area contributed by atoms with Gasteiger partial charge in [0, 0.05) is 32.6 Å². The number of halogens is 1. The van der Waals surface area contributed by atoms with E-state index in [4.69, 9.17) is 14.1 Å². The highest BCUT2D eigenvalue weighted by atomic mass is 127. The van der Waals surface area contributed by atoms with Gasteiger partial charge in [-0.25, -0.2) is 0 Å². The molecule has 7 heteroatoms. The van der Waals surface area contributed by atoms with Crippen molar-refractivity contribution in [2.75, 3.05) is 45.9 Å². The molecule has 1 unspecified atom stereocenters. The second-order valence-corrected chi connectivity index (χ2v) is 6.55. The lowest BCUT2D eigenvalue weighted by atomic mass is 10.1. The monoisotopic (exact) mass is 498 g/mol. The van der Waals surface area contributed by atoms with E-state index in [1.807, 2.05) is 12.1 Å². The second kappa shape index (κ2) is 12.8. The summed E-state index contributed by atoms with van der Waals surface area (Å²) in [4.78, 5) is 7.33. The standard InChI is InChI=1S/C21H30N4O2.HI/c1-2-22-21(23-11-10-19-9-6-14-27-19)24-17-20(18-7-4-3-5-8-18)25-12-15-26-16-13-25;/h3-9,14,20H,2,10-13,15-17H2,1H3,(H2,22,23,24);1H. The molecule has 1 aromatic carbocycles. The molecular formula is C21H31IN4O2. The maximum atomic E-state index is 5.53. The zero-order chi connectivity index (χ0) is 18.7. The highest BCUT2D eigenvalue weighted by Crippen LogP contribution is 2.22. The minimum Gasteiger partial charge on any atom is -0.469 e. The van der Waals surface area contributed by atoms with Crippen LogP contribution in [0.25, 0.3) is 0 Å². The van der Waals surface area contributed by atoms with E-state index >= 15 is 0 Å². The molecule has 2 heterocycles. The fourth-order valence-corrected chi connectivity index (χ4v) is 3.27. The molecule has 1 fully saturated rings. The molecule has 1 aliphatic heterocycles. The maximum absolute atomic E-state index is 5.53. The predicted molar refractivity (Wildman–Crippen MR) is 123 cm³/mol. The van der Waals surface area contributed by atoms with Gasteiger partial charge in [0.1, 0.15) is 5.76 Å².